The van der Waals surface area contributed by atoms with Crippen LogP contribution in [0.3, 0.4) is 0 Å². The molecule has 4 rings (SSSR count). The van der Waals surface area contributed by atoms with Gasteiger partial charge in [0.05, 0.1) is 12.6 Å². The Hall–Kier alpha value is -2.87. The molecule has 2 heteroatoms. The summed E-state index contributed by atoms with van der Waals surface area (Å²) in [6.07, 6.45) is 0. The molecule has 2 nitrogen and oxygen atoms in total. The summed E-state index contributed by atoms with van der Waals surface area (Å²) >= 11 is 0. The van der Waals surface area contributed by atoms with Crippen molar-refractivity contribution in [2.45, 2.75) is 72.6 Å². The third kappa shape index (κ3) is 4.01. The first-order valence-electron chi connectivity index (χ1n) is 12.3. The molecule has 0 saturated carbocycles. The minimum atomic E-state index is 0.132. The van der Waals surface area contributed by atoms with Crippen LogP contribution in [0.4, 0.5) is 0 Å². The summed E-state index contributed by atoms with van der Waals surface area (Å²) in [5.74, 6) is 2.11. The van der Waals surface area contributed by atoms with E-state index in [0.29, 0.717) is 11.8 Å². The molecule has 0 atom stereocenters. The Morgan fingerprint density at radius 2 is 1.39 bits per heavy atom. The van der Waals surface area contributed by atoms with Crippen LogP contribution in [0, 0.1) is 6.92 Å². The van der Waals surface area contributed by atoms with Crippen molar-refractivity contribution in [3.05, 3.63) is 82.9 Å². The Morgan fingerprint density at radius 1 is 0.788 bits per heavy atom. The molecule has 1 heterocycles. The van der Waals surface area contributed by atoms with Crippen molar-refractivity contribution in [3.63, 3.8) is 0 Å². The van der Waals surface area contributed by atoms with Crippen molar-refractivity contribution in [1.82, 2.24) is 4.57 Å². The highest BCUT2D eigenvalue weighted by Gasteiger charge is 2.31. The number of fused-ring (bicyclic) bond motifs is 1. The number of nitrogens with zero attached hydrogens (tertiary/aromatic N) is 2. The molecule has 1 aromatic heterocycles. The second-order valence-corrected chi connectivity index (χ2v) is 11.1. The number of hydrogen-bond acceptors (Lipinski definition) is 0. The predicted molar refractivity (Wildman–Crippen MR) is 142 cm³/mol. The second kappa shape index (κ2) is 8.48. The maximum absolute atomic E-state index is 2.53. The number of imidazole rings is 1. The normalized spacial score (nSPS) is 12.3. The van der Waals surface area contributed by atoms with Crippen molar-refractivity contribution in [2.24, 2.45) is 7.05 Å². The lowest BCUT2D eigenvalue weighted by molar-refractivity contribution is -0.633. The molecule has 0 saturated heterocycles. The molecule has 0 spiro atoms. The average molecular weight is 440 g/mol. The molecule has 0 radical (unpaired) electrons. The van der Waals surface area contributed by atoms with E-state index < -0.39 is 0 Å². The van der Waals surface area contributed by atoms with Gasteiger partial charge in [-0.25, -0.2) is 4.57 Å². The van der Waals surface area contributed by atoms with E-state index in [2.05, 4.69) is 132 Å². The van der Waals surface area contributed by atoms with Crippen LogP contribution in [0.5, 0.6) is 0 Å². The smallest absolute Gasteiger partial charge is 0.225 e. The van der Waals surface area contributed by atoms with Crippen LogP contribution in [0.25, 0.3) is 28.1 Å². The van der Waals surface area contributed by atoms with Crippen molar-refractivity contribution in [2.75, 3.05) is 0 Å². The van der Waals surface area contributed by atoms with Gasteiger partial charge in [0.2, 0.25) is 0 Å². The topological polar surface area (TPSA) is 8.81 Å². The predicted octanol–water partition coefficient (Wildman–Crippen LogP) is 7.97. The van der Waals surface area contributed by atoms with Crippen LogP contribution < -0.4 is 4.57 Å². The van der Waals surface area contributed by atoms with Gasteiger partial charge in [-0.2, -0.15) is 4.57 Å². The Morgan fingerprint density at radius 3 is 1.94 bits per heavy atom. The number of para-hydroxylation sites is 3. The highest BCUT2D eigenvalue weighted by molar-refractivity contribution is 5.81. The zero-order valence-corrected chi connectivity index (χ0v) is 21.8. The van der Waals surface area contributed by atoms with Crippen LogP contribution >= 0.6 is 0 Å². The molecule has 0 unspecified atom stereocenters. The van der Waals surface area contributed by atoms with Crippen LogP contribution in [-0.2, 0) is 12.5 Å². The Bertz CT molecular complexity index is 1290. The average Bonchev–Trinajstić information content (AvgIpc) is 3.04. The van der Waals surface area contributed by atoms with E-state index in [1.54, 1.807) is 0 Å². The zero-order chi connectivity index (χ0) is 24.1. The molecule has 33 heavy (non-hydrogen) atoms. The molecule has 0 aliphatic heterocycles. The standard InChI is InChI=1S/C31H39N2/c1-20(2)24-13-12-14-25(21(3)4)29(24)33-28-16-11-10-15-27(28)32(9)30(33)26-18-17-23(19-22(26)5)31(6,7)8/h10-21H,1-9H3/q+1. The van der Waals surface area contributed by atoms with E-state index in [1.807, 2.05) is 0 Å². The van der Waals surface area contributed by atoms with E-state index in [0.717, 1.165) is 0 Å². The molecule has 0 aliphatic rings. The van der Waals surface area contributed by atoms with Gasteiger partial charge >= 0.3 is 0 Å². The fourth-order valence-electron chi connectivity index (χ4n) is 4.99. The van der Waals surface area contributed by atoms with Crippen molar-refractivity contribution in [3.8, 4) is 17.1 Å². The lowest BCUT2D eigenvalue weighted by Gasteiger charge is -2.21. The highest BCUT2D eigenvalue weighted by atomic mass is 15.2. The van der Waals surface area contributed by atoms with Gasteiger partial charge in [-0.3, -0.25) is 0 Å². The fraction of sp³-hybridized carbons (Fsp3) is 0.387. The molecular weight excluding hydrogens is 400 g/mol. The summed E-state index contributed by atoms with van der Waals surface area (Å²) in [4.78, 5) is 0. The van der Waals surface area contributed by atoms with Gasteiger partial charge in [0.25, 0.3) is 5.82 Å². The lowest BCUT2D eigenvalue weighted by Crippen LogP contribution is -2.30. The third-order valence-corrected chi connectivity index (χ3v) is 6.91. The third-order valence-electron chi connectivity index (χ3n) is 6.91. The number of aromatic nitrogens is 2. The minimum Gasteiger partial charge on any atom is -0.225 e. The van der Waals surface area contributed by atoms with Gasteiger partial charge in [0, 0.05) is 11.1 Å². The maximum Gasteiger partial charge on any atom is 0.295 e. The molecular formula is C31H39N2+. The summed E-state index contributed by atoms with van der Waals surface area (Å²) in [6.45, 7) is 18.3. The second-order valence-electron chi connectivity index (χ2n) is 11.1. The van der Waals surface area contributed by atoms with Gasteiger partial charge in [0.15, 0.2) is 11.0 Å². The van der Waals surface area contributed by atoms with E-state index in [1.165, 1.54) is 50.4 Å². The van der Waals surface area contributed by atoms with Crippen LogP contribution in [-0.4, -0.2) is 4.57 Å². The summed E-state index contributed by atoms with van der Waals surface area (Å²) < 4.78 is 4.90. The van der Waals surface area contributed by atoms with E-state index in [9.17, 15) is 0 Å². The molecule has 4 aromatic rings. The molecule has 3 aromatic carbocycles. The highest BCUT2D eigenvalue weighted by Crippen LogP contribution is 2.37. The first-order valence-corrected chi connectivity index (χ1v) is 12.3. The summed E-state index contributed by atoms with van der Waals surface area (Å²) in [5, 5.41) is 0. The quantitative estimate of drug-likeness (QED) is 0.285. The fourth-order valence-corrected chi connectivity index (χ4v) is 4.99. The Balaban J connectivity index is 2.15. The number of hydrogen-bond donors (Lipinski definition) is 0. The summed E-state index contributed by atoms with van der Waals surface area (Å²) in [6, 6.07) is 22.6. The van der Waals surface area contributed by atoms with Crippen molar-refractivity contribution in [1.29, 1.82) is 0 Å². The number of aryl methyl sites for hydroxylation is 2. The largest absolute Gasteiger partial charge is 0.295 e. The SMILES string of the molecule is Cc1cc(C(C)(C)C)ccc1-c1n(-c2c(C(C)C)cccc2C(C)C)c2ccccc2[n+]1C. The molecule has 172 valence electrons. The van der Waals surface area contributed by atoms with Gasteiger partial charge in [-0.1, -0.05) is 90.9 Å². The monoisotopic (exact) mass is 439 g/mol. The van der Waals surface area contributed by atoms with Crippen LogP contribution in [0.1, 0.15) is 82.6 Å². The van der Waals surface area contributed by atoms with Crippen LogP contribution in [0.2, 0.25) is 0 Å². The zero-order valence-electron chi connectivity index (χ0n) is 21.8. The van der Waals surface area contributed by atoms with E-state index >= 15 is 0 Å². The first kappa shape index (κ1) is 23.3. The van der Waals surface area contributed by atoms with Gasteiger partial charge in [0.1, 0.15) is 5.69 Å². The first-order chi connectivity index (χ1) is 15.5. The van der Waals surface area contributed by atoms with Gasteiger partial charge in [-0.05, 0) is 53.5 Å². The Kier molecular flexibility index (Phi) is 5.99. The molecule has 0 aliphatic carbocycles. The number of rotatable bonds is 4. The van der Waals surface area contributed by atoms with Gasteiger partial charge in [-0.15, -0.1) is 0 Å². The number of benzene rings is 3. The molecule has 0 amide bonds. The van der Waals surface area contributed by atoms with E-state index in [-0.39, 0.29) is 5.41 Å². The molecule has 0 bridgehead atoms. The maximum atomic E-state index is 2.53. The Labute approximate surface area is 199 Å². The molecule has 0 N–H and O–H groups in total. The lowest BCUT2D eigenvalue weighted by atomic mass is 9.85. The van der Waals surface area contributed by atoms with Crippen molar-refractivity contribution >= 4 is 11.0 Å². The summed E-state index contributed by atoms with van der Waals surface area (Å²) in [7, 11) is 2.21. The minimum absolute atomic E-state index is 0.132. The van der Waals surface area contributed by atoms with Crippen molar-refractivity contribution < 1.29 is 4.57 Å². The van der Waals surface area contributed by atoms with Gasteiger partial charge < -0.3 is 0 Å². The summed E-state index contributed by atoms with van der Waals surface area (Å²) in [5.41, 5.74) is 10.7. The van der Waals surface area contributed by atoms with E-state index in [4.69, 9.17) is 0 Å². The molecule has 0 fully saturated rings. The van der Waals surface area contributed by atoms with Crippen LogP contribution in [0.15, 0.2) is 60.7 Å².